The third-order valence-corrected chi connectivity index (χ3v) is 3.04. The van der Waals surface area contributed by atoms with Gasteiger partial charge in [-0.3, -0.25) is 0 Å². The van der Waals surface area contributed by atoms with Gasteiger partial charge in [-0.1, -0.05) is 13.8 Å². The highest BCUT2D eigenvalue weighted by molar-refractivity contribution is 4.67. The molecule has 0 bridgehead atoms. The van der Waals surface area contributed by atoms with Crippen LogP contribution in [0.5, 0.6) is 0 Å². The second-order valence-electron chi connectivity index (χ2n) is 5.02. The van der Waals surface area contributed by atoms with Gasteiger partial charge in [0.2, 0.25) is 0 Å². The zero-order valence-corrected chi connectivity index (χ0v) is 11.4. The van der Waals surface area contributed by atoms with E-state index in [0.29, 0.717) is 6.04 Å². The molecular weight excluding hydrogens is 186 g/mol. The lowest BCUT2D eigenvalue weighted by Crippen LogP contribution is -2.39. The Balaban J connectivity index is 3.42. The van der Waals surface area contributed by atoms with Crippen molar-refractivity contribution in [3.05, 3.63) is 0 Å². The Labute approximate surface area is 95.8 Å². The number of rotatable bonds is 8. The van der Waals surface area contributed by atoms with Crippen LogP contribution in [-0.2, 0) is 0 Å². The van der Waals surface area contributed by atoms with Gasteiger partial charge in [0.25, 0.3) is 0 Å². The monoisotopic (exact) mass is 215 g/mol. The second-order valence-corrected chi connectivity index (χ2v) is 5.02. The third-order valence-electron chi connectivity index (χ3n) is 3.04. The van der Waals surface area contributed by atoms with Gasteiger partial charge in [-0.15, -0.1) is 0 Å². The fourth-order valence-corrected chi connectivity index (χ4v) is 1.40. The maximum Gasteiger partial charge on any atom is 0.0107 e. The predicted molar refractivity (Wildman–Crippen MR) is 68.4 cm³/mol. The van der Waals surface area contributed by atoms with Crippen LogP contribution in [0, 0.1) is 5.92 Å². The maximum absolute atomic E-state index is 3.46. The number of nitrogens with one attached hydrogen (secondary N) is 1. The molecule has 3 nitrogen and oxygen atoms in total. The van der Waals surface area contributed by atoms with E-state index < -0.39 is 0 Å². The molecule has 0 radical (unpaired) electrons. The van der Waals surface area contributed by atoms with Crippen LogP contribution in [0.25, 0.3) is 0 Å². The zero-order valence-electron chi connectivity index (χ0n) is 11.4. The first-order valence-electron chi connectivity index (χ1n) is 6.00. The molecule has 0 saturated heterocycles. The molecule has 0 saturated carbocycles. The molecule has 0 aliphatic rings. The van der Waals surface area contributed by atoms with E-state index in [9.17, 15) is 0 Å². The van der Waals surface area contributed by atoms with E-state index in [1.54, 1.807) is 0 Å². The van der Waals surface area contributed by atoms with Crippen LogP contribution in [0.1, 0.15) is 20.8 Å². The van der Waals surface area contributed by atoms with Gasteiger partial charge in [0.15, 0.2) is 0 Å². The fraction of sp³-hybridized carbons (Fsp3) is 1.00. The molecule has 0 aliphatic carbocycles. The quantitative estimate of drug-likeness (QED) is 0.612. The van der Waals surface area contributed by atoms with Gasteiger partial charge in [0.1, 0.15) is 0 Å². The van der Waals surface area contributed by atoms with Crippen LogP contribution in [-0.4, -0.2) is 63.2 Å². The summed E-state index contributed by atoms with van der Waals surface area (Å²) in [5.74, 6) is 0.733. The van der Waals surface area contributed by atoms with Gasteiger partial charge < -0.3 is 15.1 Å². The lowest BCUT2D eigenvalue weighted by atomic mass is 10.1. The Hall–Kier alpha value is -0.120. The number of nitrogens with zero attached hydrogens (tertiary/aromatic N) is 2. The fourth-order valence-electron chi connectivity index (χ4n) is 1.40. The van der Waals surface area contributed by atoms with Gasteiger partial charge in [0.05, 0.1) is 0 Å². The first-order chi connectivity index (χ1) is 6.95. The minimum absolute atomic E-state index is 0.667. The molecule has 15 heavy (non-hydrogen) atoms. The molecular formula is C12H29N3. The maximum atomic E-state index is 3.46. The third kappa shape index (κ3) is 7.77. The minimum Gasteiger partial charge on any atom is -0.314 e. The van der Waals surface area contributed by atoms with E-state index in [1.165, 1.54) is 0 Å². The molecule has 0 aromatic heterocycles. The number of hydrogen-bond donors (Lipinski definition) is 1. The molecule has 0 aromatic carbocycles. The predicted octanol–water partition coefficient (Wildman–Crippen LogP) is 1.11. The van der Waals surface area contributed by atoms with Crippen molar-refractivity contribution in [3.63, 3.8) is 0 Å². The Morgan fingerprint density at radius 2 is 1.47 bits per heavy atom. The van der Waals surface area contributed by atoms with Gasteiger partial charge in [0, 0.05) is 32.2 Å². The van der Waals surface area contributed by atoms with Crippen molar-refractivity contribution in [3.8, 4) is 0 Å². The molecule has 0 fully saturated rings. The molecule has 3 heteroatoms. The van der Waals surface area contributed by atoms with Crippen LogP contribution in [0.2, 0.25) is 0 Å². The van der Waals surface area contributed by atoms with Crippen LogP contribution in [0.4, 0.5) is 0 Å². The molecule has 0 spiro atoms. The van der Waals surface area contributed by atoms with Crippen LogP contribution in [0.3, 0.4) is 0 Å². The van der Waals surface area contributed by atoms with E-state index >= 15 is 0 Å². The summed E-state index contributed by atoms with van der Waals surface area (Å²) in [6.07, 6.45) is 0. The highest BCUT2D eigenvalue weighted by Crippen LogP contribution is 2.06. The highest BCUT2D eigenvalue weighted by Gasteiger charge is 2.11. The summed E-state index contributed by atoms with van der Waals surface area (Å²) < 4.78 is 0. The van der Waals surface area contributed by atoms with Crippen LogP contribution < -0.4 is 5.32 Å². The first-order valence-corrected chi connectivity index (χ1v) is 6.00. The van der Waals surface area contributed by atoms with Crippen molar-refractivity contribution in [2.45, 2.75) is 26.8 Å². The summed E-state index contributed by atoms with van der Waals surface area (Å²) in [6, 6.07) is 0.667. The van der Waals surface area contributed by atoms with Crippen molar-refractivity contribution in [2.24, 2.45) is 5.92 Å². The van der Waals surface area contributed by atoms with Crippen LogP contribution in [0.15, 0.2) is 0 Å². The van der Waals surface area contributed by atoms with Crippen molar-refractivity contribution >= 4 is 0 Å². The van der Waals surface area contributed by atoms with Crippen LogP contribution >= 0.6 is 0 Å². The average Bonchev–Trinajstić information content (AvgIpc) is 2.15. The Morgan fingerprint density at radius 3 is 1.93 bits per heavy atom. The molecule has 0 rings (SSSR count). The Kier molecular flexibility index (Phi) is 8.02. The SMILES string of the molecule is CC(C)C(C)N(C)CCNCCN(C)C. The Morgan fingerprint density at radius 1 is 0.933 bits per heavy atom. The smallest absolute Gasteiger partial charge is 0.0107 e. The van der Waals surface area contributed by atoms with Crippen molar-refractivity contribution in [2.75, 3.05) is 47.3 Å². The van der Waals surface area contributed by atoms with E-state index in [2.05, 4.69) is 57.0 Å². The van der Waals surface area contributed by atoms with Gasteiger partial charge in [-0.2, -0.15) is 0 Å². The van der Waals surface area contributed by atoms with E-state index in [0.717, 1.165) is 32.1 Å². The second kappa shape index (κ2) is 8.08. The molecule has 1 N–H and O–H groups in total. The summed E-state index contributed by atoms with van der Waals surface area (Å²) in [4.78, 5) is 4.63. The molecule has 1 unspecified atom stereocenters. The summed E-state index contributed by atoms with van der Waals surface area (Å²) in [5.41, 5.74) is 0. The van der Waals surface area contributed by atoms with E-state index in [4.69, 9.17) is 0 Å². The molecule has 0 aliphatic heterocycles. The summed E-state index contributed by atoms with van der Waals surface area (Å²) in [5, 5.41) is 3.46. The largest absolute Gasteiger partial charge is 0.314 e. The first kappa shape index (κ1) is 14.9. The molecule has 0 amide bonds. The van der Waals surface area contributed by atoms with E-state index in [-0.39, 0.29) is 0 Å². The average molecular weight is 215 g/mol. The normalized spacial score (nSPS) is 14.2. The van der Waals surface area contributed by atoms with Gasteiger partial charge >= 0.3 is 0 Å². The number of likely N-dealkylation sites (N-methyl/N-ethyl adjacent to an activating group) is 2. The molecule has 92 valence electrons. The van der Waals surface area contributed by atoms with E-state index in [1.807, 2.05) is 0 Å². The standard InChI is InChI=1S/C12H29N3/c1-11(2)12(3)15(6)10-8-13-7-9-14(4)5/h11-13H,7-10H2,1-6H3. The topological polar surface area (TPSA) is 18.5 Å². The summed E-state index contributed by atoms with van der Waals surface area (Å²) in [7, 11) is 6.42. The minimum atomic E-state index is 0.667. The Bertz CT molecular complexity index is 146. The van der Waals surface area contributed by atoms with Gasteiger partial charge in [-0.25, -0.2) is 0 Å². The van der Waals surface area contributed by atoms with Gasteiger partial charge in [-0.05, 0) is 34.0 Å². The summed E-state index contributed by atoms with van der Waals surface area (Å²) in [6.45, 7) is 11.3. The lowest BCUT2D eigenvalue weighted by molar-refractivity contribution is 0.208. The number of hydrogen-bond acceptors (Lipinski definition) is 3. The highest BCUT2D eigenvalue weighted by atomic mass is 15.1. The molecule has 1 atom stereocenters. The van der Waals surface area contributed by atoms with Crippen molar-refractivity contribution in [1.29, 1.82) is 0 Å². The zero-order chi connectivity index (χ0) is 11.8. The molecule has 0 aromatic rings. The van der Waals surface area contributed by atoms with Crippen molar-refractivity contribution in [1.82, 2.24) is 15.1 Å². The summed E-state index contributed by atoms with van der Waals surface area (Å²) >= 11 is 0. The lowest BCUT2D eigenvalue weighted by Gasteiger charge is -2.27. The van der Waals surface area contributed by atoms with Crippen molar-refractivity contribution < 1.29 is 0 Å². The molecule has 0 heterocycles.